The molecule has 66 valence electrons. The van der Waals surface area contributed by atoms with Crippen molar-refractivity contribution in [2.75, 3.05) is 0 Å². The molecule has 5 N–H and O–H groups in total. The van der Waals surface area contributed by atoms with Crippen LogP contribution in [0.1, 0.15) is 0 Å². The first-order valence-electron chi connectivity index (χ1n) is 2.76. The molecule has 0 saturated carbocycles. The third kappa shape index (κ3) is 1.01. The van der Waals surface area contributed by atoms with Gasteiger partial charge in [0.15, 0.2) is 0 Å². The molecular weight excluding hydrogens is 170 g/mol. The molecule has 12 heavy (non-hydrogen) atoms. The fraction of sp³-hybridized carbons (Fsp3) is 0. The van der Waals surface area contributed by atoms with E-state index in [9.17, 15) is 4.79 Å². The Morgan fingerprint density at radius 2 is 1.75 bits per heavy atom. The first kappa shape index (κ1) is 8.21. The van der Waals surface area contributed by atoms with E-state index in [0.717, 1.165) is 0 Å². The second-order valence-corrected chi connectivity index (χ2v) is 1.92. The van der Waals surface area contributed by atoms with Crippen LogP contribution in [0.25, 0.3) is 0 Å². The molecule has 0 atom stereocenters. The van der Waals surface area contributed by atoms with Gasteiger partial charge in [-0.2, -0.15) is 0 Å². The highest BCUT2D eigenvalue weighted by Gasteiger charge is 2.17. The molecule has 7 heteroatoms. The number of pyridine rings is 1. The minimum absolute atomic E-state index is 0.892. The van der Waals surface area contributed by atoms with Crippen LogP contribution < -0.4 is 10.4 Å². The van der Waals surface area contributed by atoms with Crippen molar-refractivity contribution in [3.05, 3.63) is 10.4 Å². The van der Waals surface area contributed by atoms with Crippen molar-refractivity contribution in [2.45, 2.75) is 0 Å². The van der Waals surface area contributed by atoms with E-state index in [1.54, 1.807) is 4.98 Å². The zero-order chi connectivity index (χ0) is 9.30. The zero-order valence-electron chi connectivity index (χ0n) is 5.61. The molecule has 0 unspecified atom stereocenters. The van der Waals surface area contributed by atoms with Crippen LogP contribution in [0.2, 0.25) is 0 Å². The first-order chi connectivity index (χ1) is 5.57. The predicted molar refractivity (Wildman–Crippen MR) is 35.3 cm³/mol. The largest absolute Gasteiger partial charge is 0.500 e. The van der Waals surface area contributed by atoms with Crippen molar-refractivity contribution in [1.29, 1.82) is 0 Å². The third-order valence-electron chi connectivity index (χ3n) is 1.19. The lowest BCUT2D eigenvalue weighted by Crippen LogP contribution is -2.06. The second-order valence-electron chi connectivity index (χ2n) is 1.92. The van der Waals surface area contributed by atoms with Gasteiger partial charge in [0.1, 0.15) is 0 Å². The highest BCUT2D eigenvalue weighted by molar-refractivity contribution is 5.52. The number of hydrogen-bond acceptors (Lipinski definition) is 6. The molecule has 1 aromatic rings. The quantitative estimate of drug-likeness (QED) is 0.285. The highest BCUT2D eigenvalue weighted by Crippen LogP contribution is 2.37. The Kier molecular flexibility index (Phi) is 1.80. The number of nitrogens with one attached hydrogen (secondary N) is 1. The van der Waals surface area contributed by atoms with Crippen molar-refractivity contribution < 1.29 is 25.5 Å². The van der Waals surface area contributed by atoms with Crippen LogP contribution in [0.15, 0.2) is 4.79 Å². The van der Waals surface area contributed by atoms with Gasteiger partial charge in [0, 0.05) is 0 Å². The fourth-order valence-corrected chi connectivity index (χ4v) is 0.635. The molecular formula is C5H5NO6. The minimum atomic E-state index is -1.09. The van der Waals surface area contributed by atoms with Crippen LogP contribution in [0.3, 0.4) is 0 Å². The summed E-state index contributed by atoms with van der Waals surface area (Å²) >= 11 is 0. The molecule has 1 rings (SSSR count). The Labute approximate surface area is 65.0 Å². The van der Waals surface area contributed by atoms with E-state index in [4.69, 9.17) is 20.6 Å². The number of H-pyrrole nitrogens is 1. The lowest BCUT2D eigenvalue weighted by atomic mass is 10.4. The molecule has 0 aliphatic carbocycles. The molecule has 0 bridgehead atoms. The maximum Gasteiger partial charge on any atom is 0.297 e. The van der Waals surface area contributed by atoms with Gasteiger partial charge in [-0.3, -0.25) is 9.78 Å². The Bertz CT molecular complexity index is 356. The molecule has 0 radical (unpaired) electrons. The molecule has 1 heterocycles. The topological polar surface area (TPSA) is 123 Å². The Hall–Kier alpha value is -1.89. The second kappa shape index (κ2) is 2.62. The van der Waals surface area contributed by atoms with Gasteiger partial charge in [0.05, 0.1) is 0 Å². The number of aromatic amines is 1. The summed E-state index contributed by atoms with van der Waals surface area (Å²) in [4.78, 5) is 15.8. The van der Waals surface area contributed by atoms with E-state index in [2.05, 4.69) is 4.89 Å². The van der Waals surface area contributed by atoms with Crippen LogP contribution in [-0.4, -0.2) is 25.6 Å². The van der Waals surface area contributed by atoms with Gasteiger partial charge < -0.3 is 20.2 Å². The SMILES string of the molecule is O=c1[nH]c(O)c(O)c(OO)c1O. The molecule has 0 amide bonds. The average Bonchev–Trinajstić information content (AvgIpc) is 2.02. The monoisotopic (exact) mass is 175 g/mol. The molecule has 0 aliphatic rings. The molecule has 0 fully saturated rings. The zero-order valence-corrected chi connectivity index (χ0v) is 5.61. The lowest BCUT2D eigenvalue weighted by Gasteiger charge is -2.02. The van der Waals surface area contributed by atoms with Crippen LogP contribution in [0, 0.1) is 0 Å². The lowest BCUT2D eigenvalue weighted by molar-refractivity contribution is -0.140. The van der Waals surface area contributed by atoms with E-state index >= 15 is 0 Å². The Balaban J connectivity index is 3.53. The van der Waals surface area contributed by atoms with E-state index in [0.29, 0.717) is 0 Å². The summed E-state index contributed by atoms with van der Waals surface area (Å²) in [6, 6.07) is 0. The van der Waals surface area contributed by atoms with Crippen molar-refractivity contribution in [2.24, 2.45) is 0 Å². The maximum absolute atomic E-state index is 10.6. The Morgan fingerprint density at radius 1 is 1.17 bits per heavy atom. The van der Waals surface area contributed by atoms with Gasteiger partial charge in [0.2, 0.25) is 17.4 Å². The van der Waals surface area contributed by atoms with E-state index in [1.807, 2.05) is 0 Å². The average molecular weight is 175 g/mol. The van der Waals surface area contributed by atoms with Crippen LogP contribution >= 0.6 is 0 Å². The van der Waals surface area contributed by atoms with Crippen molar-refractivity contribution >= 4 is 0 Å². The van der Waals surface area contributed by atoms with E-state index < -0.39 is 28.7 Å². The molecule has 1 aromatic heterocycles. The van der Waals surface area contributed by atoms with Crippen molar-refractivity contribution in [3.8, 4) is 23.1 Å². The highest BCUT2D eigenvalue weighted by atomic mass is 17.1. The van der Waals surface area contributed by atoms with Gasteiger partial charge in [-0.25, -0.2) is 5.26 Å². The predicted octanol–water partition coefficient (Wildman–Crippen LogP) is -0.657. The molecule has 0 aromatic carbocycles. The van der Waals surface area contributed by atoms with Crippen LogP contribution in [0.4, 0.5) is 0 Å². The standard InChI is InChI=1S/C5H5NO6/c7-1-3(12-11)2(8)5(10)6-4(1)9/h7-8,11H,(H2,6,9,10). The molecule has 0 aliphatic heterocycles. The third-order valence-corrected chi connectivity index (χ3v) is 1.19. The molecule has 7 nitrogen and oxygen atoms in total. The summed E-state index contributed by atoms with van der Waals surface area (Å²) in [7, 11) is 0. The van der Waals surface area contributed by atoms with Gasteiger partial charge in [-0.05, 0) is 0 Å². The fourth-order valence-electron chi connectivity index (χ4n) is 0.635. The molecule has 0 spiro atoms. The maximum atomic E-state index is 10.6. The summed E-state index contributed by atoms with van der Waals surface area (Å²) in [6.07, 6.45) is 0. The Morgan fingerprint density at radius 3 is 2.25 bits per heavy atom. The summed E-state index contributed by atoms with van der Waals surface area (Å²) < 4.78 is 0. The van der Waals surface area contributed by atoms with Crippen LogP contribution in [-0.2, 0) is 0 Å². The summed E-state index contributed by atoms with van der Waals surface area (Å²) in [5.74, 6) is -3.76. The molecule has 0 saturated heterocycles. The summed E-state index contributed by atoms with van der Waals surface area (Å²) in [6.45, 7) is 0. The normalized spacial score (nSPS) is 9.75. The van der Waals surface area contributed by atoms with Crippen molar-refractivity contribution in [3.63, 3.8) is 0 Å². The summed E-state index contributed by atoms with van der Waals surface area (Å²) in [5, 5.41) is 34.4. The smallest absolute Gasteiger partial charge is 0.297 e. The number of rotatable bonds is 1. The van der Waals surface area contributed by atoms with E-state index in [-0.39, 0.29) is 0 Å². The first-order valence-corrected chi connectivity index (χ1v) is 2.76. The van der Waals surface area contributed by atoms with Gasteiger partial charge in [-0.15, -0.1) is 0 Å². The van der Waals surface area contributed by atoms with Gasteiger partial charge in [0.25, 0.3) is 11.3 Å². The number of aromatic hydroxyl groups is 3. The van der Waals surface area contributed by atoms with Gasteiger partial charge in [-0.1, -0.05) is 0 Å². The number of hydrogen-bond donors (Lipinski definition) is 5. The van der Waals surface area contributed by atoms with Crippen molar-refractivity contribution in [1.82, 2.24) is 4.98 Å². The van der Waals surface area contributed by atoms with Gasteiger partial charge >= 0.3 is 0 Å². The summed E-state index contributed by atoms with van der Waals surface area (Å²) in [5.41, 5.74) is -1.09. The minimum Gasteiger partial charge on any atom is -0.500 e. The van der Waals surface area contributed by atoms with Crippen LogP contribution in [0.5, 0.6) is 23.1 Å². The number of aromatic nitrogens is 1. The van der Waals surface area contributed by atoms with E-state index in [1.165, 1.54) is 0 Å².